The summed E-state index contributed by atoms with van der Waals surface area (Å²) in [6.45, 7) is -0.266. The highest BCUT2D eigenvalue weighted by Crippen LogP contribution is 2.37. The van der Waals surface area contributed by atoms with Crippen molar-refractivity contribution in [1.82, 2.24) is 9.62 Å². The van der Waals surface area contributed by atoms with Gasteiger partial charge in [0.05, 0.1) is 16.9 Å². The molecule has 5 nitrogen and oxygen atoms in total. The number of nitrogens with zero attached hydrogens (tertiary/aromatic N) is 1. The number of carbonyl (C=O) groups is 1. The van der Waals surface area contributed by atoms with Crippen molar-refractivity contribution < 1.29 is 13.2 Å². The molecule has 0 spiro atoms. The van der Waals surface area contributed by atoms with Crippen LogP contribution in [0.1, 0.15) is 18.0 Å². The van der Waals surface area contributed by atoms with Crippen LogP contribution >= 0.6 is 46.3 Å². The van der Waals surface area contributed by atoms with Gasteiger partial charge in [-0.25, -0.2) is 8.42 Å². The zero-order valence-electron chi connectivity index (χ0n) is 13.7. The summed E-state index contributed by atoms with van der Waals surface area (Å²) in [5.74, 6) is 0.517. The Labute approximate surface area is 170 Å². The monoisotopic (exact) mass is 450 g/mol. The number of halogens is 2. The van der Waals surface area contributed by atoms with Gasteiger partial charge >= 0.3 is 0 Å². The third kappa shape index (κ3) is 4.37. The molecule has 1 aromatic carbocycles. The van der Waals surface area contributed by atoms with Crippen LogP contribution < -0.4 is 5.32 Å². The molecule has 1 aromatic heterocycles. The molecular weight excluding hydrogens is 435 g/mol. The van der Waals surface area contributed by atoms with E-state index in [9.17, 15) is 13.2 Å². The Morgan fingerprint density at radius 3 is 2.77 bits per heavy atom. The number of hydrogen-bond donors (Lipinski definition) is 1. The van der Waals surface area contributed by atoms with Gasteiger partial charge < -0.3 is 5.32 Å². The number of likely N-dealkylation sites (N-methyl/N-ethyl adjacent to an activating group) is 1. The first-order valence-electron chi connectivity index (χ1n) is 7.70. The summed E-state index contributed by atoms with van der Waals surface area (Å²) in [7, 11) is -2.36. The standard InChI is InChI=1S/C16H16Cl2N2O3S3/c1-20(26(22,23)16-5-4-14(18)25-16)9-15(21)19-12-6-7-24-13-3-2-10(17)8-11(12)13/h2-5,8,12H,6-7,9H2,1H3,(H,19,21). The number of amides is 1. The zero-order chi connectivity index (χ0) is 18.9. The van der Waals surface area contributed by atoms with Gasteiger partial charge in [-0.1, -0.05) is 23.2 Å². The van der Waals surface area contributed by atoms with Gasteiger partial charge in [-0.3, -0.25) is 4.79 Å². The van der Waals surface area contributed by atoms with Crippen molar-refractivity contribution in [2.75, 3.05) is 19.3 Å². The topological polar surface area (TPSA) is 66.5 Å². The minimum atomic E-state index is -3.74. The number of sulfonamides is 1. The number of fused-ring (bicyclic) bond motifs is 1. The maximum Gasteiger partial charge on any atom is 0.252 e. The zero-order valence-corrected chi connectivity index (χ0v) is 17.7. The van der Waals surface area contributed by atoms with Crippen LogP contribution in [0.3, 0.4) is 0 Å². The van der Waals surface area contributed by atoms with Gasteiger partial charge in [0.25, 0.3) is 10.0 Å². The fourth-order valence-electron chi connectivity index (χ4n) is 2.63. The predicted molar refractivity (Wildman–Crippen MR) is 107 cm³/mol. The Morgan fingerprint density at radius 2 is 2.08 bits per heavy atom. The number of hydrogen-bond acceptors (Lipinski definition) is 5. The van der Waals surface area contributed by atoms with E-state index in [1.165, 1.54) is 19.2 Å². The van der Waals surface area contributed by atoms with Crippen LogP contribution in [0.25, 0.3) is 0 Å². The van der Waals surface area contributed by atoms with Gasteiger partial charge in [-0.2, -0.15) is 4.31 Å². The molecule has 1 aliphatic heterocycles. The van der Waals surface area contributed by atoms with Gasteiger partial charge in [0.15, 0.2) is 0 Å². The van der Waals surface area contributed by atoms with Crippen LogP contribution in [0.4, 0.5) is 0 Å². The van der Waals surface area contributed by atoms with Crippen molar-refractivity contribution in [3.05, 3.63) is 45.3 Å². The first-order valence-corrected chi connectivity index (χ1v) is 11.7. The summed E-state index contributed by atoms with van der Waals surface area (Å²) in [5.41, 5.74) is 0.970. The van der Waals surface area contributed by atoms with Crippen molar-refractivity contribution in [3.63, 3.8) is 0 Å². The summed E-state index contributed by atoms with van der Waals surface area (Å²) >= 11 is 14.6. The Bertz CT molecular complexity index is 931. The van der Waals surface area contributed by atoms with Gasteiger partial charge in [-0.15, -0.1) is 23.1 Å². The quantitative estimate of drug-likeness (QED) is 0.746. The highest BCUT2D eigenvalue weighted by molar-refractivity contribution is 7.99. The minimum Gasteiger partial charge on any atom is -0.348 e. The lowest BCUT2D eigenvalue weighted by molar-refractivity contribution is -0.121. The molecule has 0 saturated heterocycles. The van der Waals surface area contributed by atoms with Crippen molar-refractivity contribution in [2.45, 2.75) is 21.6 Å². The Hall–Kier alpha value is -0.770. The molecule has 0 saturated carbocycles. The summed E-state index contributed by atoms with van der Waals surface area (Å²) < 4.78 is 26.5. The Balaban J connectivity index is 1.69. The van der Waals surface area contributed by atoms with Gasteiger partial charge in [0.1, 0.15) is 4.21 Å². The third-order valence-electron chi connectivity index (χ3n) is 3.93. The second-order valence-corrected chi connectivity index (χ2v) is 11.3. The predicted octanol–water partition coefficient (Wildman–Crippen LogP) is 4.03. The number of rotatable bonds is 5. The van der Waals surface area contributed by atoms with Crippen LogP contribution in [0.2, 0.25) is 9.36 Å². The van der Waals surface area contributed by atoms with E-state index in [0.29, 0.717) is 9.36 Å². The van der Waals surface area contributed by atoms with E-state index in [1.807, 2.05) is 18.2 Å². The SMILES string of the molecule is CN(CC(=O)NC1CCSc2ccc(Cl)cc21)S(=O)(=O)c1ccc(Cl)s1. The lowest BCUT2D eigenvalue weighted by Crippen LogP contribution is -2.40. The molecule has 2 aromatic rings. The van der Waals surface area contributed by atoms with Gasteiger partial charge in [0, 0.05) is 22.7 Å². The second kappa shape index (κ2) is 8.08. The van der Waals surface area contributed by atoms with Crippen molar-refractivity contribution in [1.29, 1.82) is 0 Å². The number of thioether (sulfide) groups is 1. The molecule has 0 aliphatic carbocycles. The average Bonchev–Trinajstić information content (AvgIpc) is 3.02. The molecule has 1 aliphatic rings. The molecule has 1 atom stereocenters. The van der Waals surface area contributed by atoms with E-state index in [2.05, 4.69) is 5.32 Å². The summed E-state index contributed by atoms with van der Waals surface area (Å²) in [4.78, 5) is 13.5. The van der Waals surface area contributed by atoms with Crippen LogP contribution in [0.5, 0.6) is 0 Å². The molecule has 0 bridgehead atoms. The van der Waals surface area contributed by atoms with Crippen LogP contribution in [-0.2, 0) is 14.8 Å². The summed E-state index contributed by atoms with van der Waals surface area (Å²) in [5, 5.41) is 3.53. The fraction of sp³-hybridized carbons (Fsp3) is 0.312. The molecule has 1 N–H and O–H groups in total. The summed E-state index contributed by atoms with van der Waals surface area (Å²) in [6, 6.07) is 8.40. The van der Waals surface area contributed by atoms with E-state index < -0.39 is 10.0 Å². The minimum absolute atomic E-state index is 0.115. The molecule has 3 rings (SSSR count). The smallest absolute Gasteiger partial charge is 0.252 e. The van der Waals surface area contributed by atoms with Crippen molar-refractivity contribution >= 4 is 62.2 Å². The molecule has 140 valence electrons. The number of benzene rings is 1. The van der Waals surface area contributed by atoms with E-state index >= 15 is 0 Å². The maximum absolute atomic E-state index is 12.5. The molecule has 26 heavy (non-hydrogen) atoms. The average molecular weight is 451 g/mol. The fourth-order valence-corrected chi connectivity index (χ4v) is 6.74. The van der Waals surface area contributed by atoms with Crippen molar-refractivity contribution in [3.8, 4) is 0 Å². The van der Waals surface area contributed by atoms with Crippen molar-refractivity contribution in [2.24, 2.45) is 0 Å². The second-order valence-electron chi connectivity index (χ2n) is 5.76. The highest BCUT2D eigenvalue weighted by atomic mass is 35.5. The molecule has 10 heteroatoms. The van der Waals surface area contributed by atoms with Gasteiger partial charge in [-0.05, 0) is 42.3 Å². The lowest BCUT2D eigenvalue weighted by atomic mass is 10.0. The van der Waals surface area contributed by atoms with E-state index in [1.54, 1.807) is 11.8 Å². The Kier molecular flexibility index (Phi) is 6.21. The van der Waals surface area contributed by atoms with E-state index in [-0.39, 0.29) is 22.7 Å². The van der Waals surface area contributed by atoms with Crippen LogP contribution in [-0.4, -0.2) is 38.0 Å². The summed E-state index contributed by atoms with van der Waals surface area (Å²) in [6.07, 6.45) is 0.765. The highest BCUT2D eigenvalue weighted by Gasteiger charge is 2.27. The number of carbonyl (C=O) groups excluding carboxylic acids is 1. The first-order chi connectivity index (χ1) is 12.3. The first kappa shape index (κ1) is 20.0. The number of nitrogens with one attached hydrogen (secondary N) is 1. The molecule has 0 fully saturated rings. The normalized spacial score (nSPS) is 17.2. The molecule has 1 amide bonds. The van der Waals surface area contributed by atoms with Crippen LogP contribution in [0.15, 0.2) is 39.4 Å². The molecule has 0 radical (unpaired) electrons. The Morgan fingerprint density at radius 1 is 1.31 bits per heavy atom. The maximum atomic E-state index is 12.5. The van der Waals surface area contributed by atoms with E-state index in [0.717, 1.165) is 38.3 Å². The molecule has 1 unspecified atom stereocenters. The third-order valence-corrected chi connectivity index (χ3v) is 8.79. The van der Waals surface area contributed by atoms with Crippen LogP contribution in [0, 0.1) is 0 Å². The largest absolute Gasteiger partial charge is 0.348 e. The molecular formula is C16H16Cl2N2O3S3. The lowest BCUT2D eigenvalue weighted by Gasteiger charge is -2.27. The number of thiophene rings is 1. The molecule has 2 heterocycles. The van der Waals surface area contributed by atoms with Gasteiger partial charge in [0.2, 0.25) is 5.91 Å². The van der Waals surface area contributed by atoms with E-state index in [4.69, 9.17) is 23.2 Å².